The highest BCUT2D eigenvalue weighted by Gasteiger charge is 2.09. The summed E-state index contributed by atoms with van der Waals surface area (Å²) in [7, 11) is 0. The maximum Gasteiger partial charge on any atom is 0.214 e. The Labute approximate surface area is 129 Å². The first-order valence-electron chi connectivity index (χ1n) is 6.73. The number of nitrogens with zero attached hydrogens (tertiary/aromatic N) is 7. The summed E-state index contributed by atoms with van der Waals surface area (Å²) < 4.78 is 3.55. The summed E-state index contributed by atoms with van der Waals surface area (Å²) >= 11 is 1.51. The van der Waals surface area contributed by atoms with Gasteiger partial charge in [0.15, 0.2) is 0 Å². The second-order valence-corrected chi connectivity index (χ2v) is 5.55. The second-order valence-electron chi connectivity index (χ2n) is 4.60. The third kappa shape index (κ3) is 2.53. The molecule has 4 heterocycles. The molecule has 22 heavy (non-hydrogen) atoms. The van der Waals surface area contributed by atoms with E-state index in [9.17, 15) is 0 Å². The summed E-state index contributed by atoms with van der Waals surface area (Å²) in [5.41, 5.74) is 1.86. The summed E-state index contributed by atoms with van der Waals surface area (Å²) in [4.78, 5) is 9.53. The molecule has 0 radical (unpaired) electrons. The van der Waals surface area contributed by atoms with Gasteiger partial charge in [-0.2, -0.15) is 0 Å². The van der Waals surface area contributed by atoms with Gasteiger partial charge in [-0.15, -0.1) is 10.2 Å². The molecule has 9 heteroatoms. The van der Waals surface area contributed by atoms with Crippen LogP contribution in [-0.2, 0) is 6.54 Å². The van der Waals surface area contributed by atoms with E-state index in [0.717, 1.165) is 34.4 Å². The van der Waals surface area contributed by atoms with E-state index < -0.39 is 0 Å². The molecule has 4 rings (SSSR count). The van der Waals surface area contributed by atoms with E-state index in [2.05, 4.69) is 30.7 Å². The number of imidazole rings is 1. The van der Waals surface area contributed by atoms with Crippen molar-refractivity contribution in [3.05, 3.63) is 43.1 Å². The molecule has 4 aromatic heterocycles. The molecule has 0 atom stereocenters. The zero-order valence-electron chi connectivity index (χ0n) is 11.5. The molecule has 0 spiro atoms. The van der Waals surface area contributed by atoms with Crippen LogP contribution in [0.2, 0.25) is 0 Å². The van der Waals surface area contributed by atoms with Crippen LogP contribution < -0.4 is 5.32 Å². The molecule has 0 bridgehead atoms. The number of rotatable bonds is 5. The van der Waals surface area contributed by atoms with E-state index in [1.165, 1.54) is 11.3 Å². The fraction of sp³-hybridized carbons (Fsp3) is 0.154. The summed E-state index contributed by atoms with van der Waals surface area (Å²) in [6.45, 7) is 1.47. The van der Waals surface area contributed by atoms with Crippen molar-refractivity contribution in [3.63, 3.8) is 0 Å². The van der Waals surface area contributed by atoms with E-state index in [-0.39, 0.29) is 0 Å². The number of fused-ring (bicyclic) bond motifs is 1. The molecular formula is C13H12N8S. The van der Waals surface area contributed by atoms with E-state index in [0.29, 0.717) is 0 Å². The normalized spacial score (nSPS) is 11.1. The summed E-state index contributed by atoms with van der Waals surface area (Å²) in [6.07, 6.45) is 8.94. The number of anilines is 1. The molecule has 0 aliphatic carbocycles. The molecule has 4 aromatic rings. The smallest absolute Gasteiger partial charge is 0.214 e. The quantitative estimate of drug-likeness (QED) is 0.602. The predicted molar refractivity (Wildman–Crippen MR) is 82.6 cm³/mol. The molecule has 0 unspecified atom stereocenters. The zero-order chi connectivity index (χ0) is 14.8. The average molecular weight is 312 g/mol. The maximum absolute atomic E-state index is 4.57. The Morgan fingerprint density at radius 3 is 3.05 bits per heavy atom. The summed E-state index contributed by atoms with van der Waals surface area (Å²) in [6, 6.07) is 3.88. The van der Waals surface area contributed by atoms with E-state index in [1.807, 2.05) is 24.5 Å². The van der Waals surface area contributed by atoms with Crippen molar-refractivity contribution >= 4 is 21.4 Å². The van der Waals surface area contributed by atoms with Crippen LogP contribution in [0.3, 0.4) is 0 Å². The van der Waals surface area contributed by atoms with Gasteiger partial charge in [0.05, 0.1) is 24.6 Å². The minimum Gasteiger partial charge on any atom is -0.358 e. The molecule has 1 N–H and O–H groups in total. The number of pyridine rings is 1. The van der Waals surface area contributed by atoms with Gasteiger partial charge in [-0.1, -0.05) is 16.6 Å². The molecule has 110 valence electrons. The van der Waals surface area contributed by atoms with Crippen LogP contribution in [0.15, 0.2) is 43.1 Å². The van der Waals surface area contributed by atoms with Crippen molar-refractivity contribution in [1.82, 2.24) is 34.6 Å². The highest BCUT2D eigenvalue weighted by atomic mass is 32.1. The average Bonchev–Trinajstić information content (AvgIpc) is 3.24. The van der Waals surface area contributed by atoms with Gasteiger partial charge in [-0.25, -0.2) is 9.50 Å². The van der Waals surface area contributed by atoms with Crippen LogP contribution >= 0.6 is 11.3 Å². The zero-order valence-corrected chi connectivity index (χ0v) is 12.3. The lowest BCUT2D eigenvalue weighted by Crippen LogP contribution is -2.11. The highest BCUT2D eigenvalue weighted by molar-refractivity contribution is 7.20. The standard InChI is InChI=1S/C13H12N8S/c1-2-10(8-14-3-1)11-9-21-13(17-11)22-12(18-21)15-4-6-20-7-5-16-19-20/h1-3,5,7-9H,4,6H2,(H,15,18). The van der Waals surface area contributed by atoms with E-state index in [1.54, 1.807) is 27.8 Å². The van der Waals surface area contributed by atoms with Crippen LogP contribution in [0.25, 0.3) is 16.2 Å². The number of hydrogen-bond acceptors (Lipinski definition) is 7. The predicted octanol–water partition coefficient (Wildman–Crippen LogP) is 1.56. The SMILES string of the molecule is c1cncc(-c2cn3nc(NCCn4ccnn4)sc3n2)c1. The van der Waals surface area contributed by atoms with Crippen LogP contribution in [0.1, 0.15) is 0 Å². The first-order chi connectivity index (χ1) is 10.9. The van der Waals surface area contributed by atoms with Crippen LogP contribution in [-0.4, -0.2) is 41.1 Å². The van der Waals surface area contributed by atoms with Gasteiger partial charge in [0.25, 0.3) is 0 Å². The fourth-order valence-corrected chi connectivity index (χ4v) is 2.86. The molecule has 0 fully saturated rings. The monoisotopic (exact) mass is 312 g/mol. The van der Waals surface area contributed by atoms with Gasteiger partial charge in [0, 0.05) is 30.7 Å². The summed E-state index contributed by atoms with van der Waals surface area (Å²) in [5.74, 6) is 0. The molecule has 0 saturated heterocycles. The van der Waals surface area contributed by atoms with Crippen molar-refractivity contribution in [2.24, 2.45) is 0 Å². The maximum atomic E-state index is 4.57. The van der Waals surface area contributed by atoms with Crippen LogP contribution in [0.4, 0.5) is 5.13 Å². The van der Waals surface area contributed by atoms with Crippen molar-refractivity contribution in [2.75, 3.05) is 11.9 Å². The van der Waals surface area contributed by atoms with Crippen molar-refractivity contribution < 1.29 is 0 Å². The lowest BCUT2D eigenvalue weighted by atomic mass is 10.2. The van der Waals surface area contributed by atoms with Gasteiger partial charge in [-0.05, 0) is 12.1 Å². The Balaban J connectivity index is 1.47. The molecule has 0 aliphatic heterocycles. The number of hydrogen-bond donors (Lipinski definition) is 1. The van der Waals surface area contributed by atoms with Crippen molar-refractivity contribution in [3.8, 4) is 11.3 Å². The molecule has 8 nitrogen and oxygen atoms in total. The molecule has 0 saturated carbocycles. The molecular weight excluding hydrogens is 300 g/mol. The van der Waals surface area contributed by atoms with E-state index in [4.69, 9.17) is 0 Å². The van der Waals surface area contributed by atoms with Gasteiger partial charge >= 0.3 is 0 Å². The third-order valence-electron chi connectivity index (χ3n) is 3.09. The lowest BCUT2D eigenvalue weighted by molar-refractivity contribution is 0.608. The first kappa shape index (κ1) is 12.9. The van der Waals surface area contributed by atoms with Gasteiger partial charge in [0.2, 0.25) is 10.1 Å². The minimum atomic E-state index is 0.732. The largest absolute Gasteiger partial charge is 0.358 e. The Hall–Kier alpha value is -2.81. The Morgan fingerprint density at radius 1 is 1.27 bits per heavy atom. The van der Waals surface area contributed by atoms with Crippen LogP contribution in [0.5, 0.6) is 0 Å². The summed E-state index contributed by atoms with van der Waals surface area (Å²) in [5, 5.41) is 16.2. The topological polar surface area (TPSA) is 85.8 Å². The number of nitrogens with one attached hydrogen (secondary N) is 1. The fourth-order valence-electron chi connectivity index (χ4n) is 2.05. The van der Waals surface area contributed by atoms with E-state index >= 15 is 0 Å². The highest BCUT2D eigenvalue weighted by Crippen LogP contribution is 2.23. The Bertz CT molecular complexity index is 833. The van der Waals surface area contributed by atoms with Crippen molar-refractivity contribution in [2.45, 2.75) is 6.54 Å². The molecule has 0 aliphatic rings. The third-order valence-corrected chi connectivity index (χ3v) is 3.97. The van der Waals surface area contributed by atoms with Gasteiger partial charge in [0.1, 0.15) is 0 Å². The number of aromatic nitrogens is 7. The van der Waals surface area contributed by atoms with Crippen LogP contribution in [0, 0.1) is 0 Å². The van der Waals surface area contributed by atoms with Crippen molar-refractivity contribution in [1.29, 1.82) is 0 Å². The Kier molecular flexibility index (Phi) is 3.24. The second kappa shape index (κ2) is 5.53. The minimum absolute atomic E-state index is 0.732. The van der Waals surface area contributed by atoms with Gasteiger partial charge in [-0.3, -0.25) is 9.67 Å². The van der Waals surface area contributed by atoms with Gasteiger partial charge < -0.3 is 5.32 Å². The lowest BCUT2D eigenvalue weighted by Gasteiger charge is -2.00. The molecule has 0 amide bonds. The first-order valence-corrected chi connectivity index (χ1v) is 7.55. The Morgan fingerprint density at radius 2 is 2.27 bits per heavy atom. The molecule has 0 aromatic carbocycles.